The quantitative estimate of drug-likeness (QED) is 0.284. The molecule has 0 saturated heterocycles. The molecular formula is C22H15FO3. The van der Waals surface area contributed by atoms with Crippen LogP contribution in [0.25, 0.3) is 6.08 Å². The average Bonchev–Trinajstić information content (AvgIpc) is 2.68. The lowest BCUT2D eigenvalue weighted by Gasteiger charge is -2.05. The van der Waals surface area contributed by atoms with Crippen molar-refractivity contribution in [2.45, 2.75) is 0 Å². The van der Waals surface area contributed by atoms with Gasteiger partial charge >= 0.3 is 5.97 Å². The Morgan fingerprint density at radius 1 is 0.808 bits per heavy atom. The molecule has 0 N–H and O–H groups in total. The highest BCUT2D eigenvalue weighted by Crippen LogP contribution is 2.16. The first-order valence-electron chi connectivity index (χ1n) is 7.98. The SMILES string of the molecule is O=C(C=Cc1ccc(OC(=O)c2ccccc2F)cc1)c1ccccc1. The number of hydrogen-bond donors (Lipinski definition) is 0. The summed E-state index contributed by atoms with van der Waals surface area (Å²) >= 11 is 0. The molecule has 3 rings (SSSR count). The van der Waals surface area contributed by atoms with Gasteiger partial charge in [0.2, 0.25) is 0 Å². The minimum Gasteiger partial charge on any atom is -0.423 e. The van der Waals surface area contributed by atoms with Crippen LogP contribution in [0.2, 0.25) is 0 Å². The summed E-state index contributed by atoms with van der Waals surface area (Å²) in [4.78, 5) is 24.0. The molecule has 3 nitrogen and oxygen atoms in total. The van der Waals surface area contributed by atoms with Crippen molar-refractivity contribution in [2.75, 3.05) is 0 Å². The summed E-state index contributed by atoms with van der Waals surface area (Å²) in [5.41, 5.74) is 1.27. The molecule has 0 aliphatic carbocycles. The Hall–Kier alpha value is -3.53. The van der Waals surface area contributed by atoms with E-state index in [1.165, 1.54) is 24.3 Å². The van der Waals surface area contributed by atoms with Crippen LogP contribution in [0.3, 0.4) is 0 Å². The highest BCUT2D eigenvalue weighted by atomic mass is 19.1. The van der Waals surface area contributed by atoms with Crippen molar-refractivity contribution in [2.24, 2.45) is 0 Å². The number of hydrogen-bond acceptors (Lipinski definition) is 3. The molecule has 0 aliphatic rings. The van der Waals surface area contributed by atoms with E-state index in [1.54, 1.807) is 60.7 Å². The average molecular weight is 346 g/mol. The molecule has 0 radical (unpaired) electrons. The third kappa shape index (κ3) is 4.30. The number of carbonyl (C=O) groups excluding carboxylic acids is 2. The van der Waals surface area contributed by atoms with Crippen molar-refractivity contribution in [3.05, 3.63) is 107 Å². The summed E-state index contributed by atoms with van der Waals surface area (Å²) in [5.74, 6) is -1.19. The predicted octanol–water partition coefficient (Wildman–Crippen LogP) is 4.94. The molecule has 128 valence electrons. The lowest BCUT2D eigenvalue weighted by molar-refractivity contribution is 0.0729. The minimum absolute atomic E-state index is 0.0966. The highest BCUT2D eigenvalue weighted by Gasteiger charge is 2.13. The molecule has 0 amide bonds. The fourth-order valence-corrected chi connectivity index (χ4v) is 2.31. The van der Waals surface area contributed by atoms with Crippen molar-refractivity contribution in [1.29, 1.82) is 0 Å². The van der Waals surface area contributed by atoms with Crippen LogP contribution in [0.1, 0.15) is 26.3 Å². The van der Waals surface area contributed by atoms with Gasteiger partial charge in [-0.2, -0.15) is 0 Å². The topological polar surface area (TPSA) is 43.4 Å². The van der Waals surface area contributed by atoms with E-state index >= 15 is 0 Å². The predicted molar refractivity (Wildman–Crippen MR) is 97.6 cm³/mol. The molecule has 0 spiro atoms. The Morgan fingerprint density at radius 2 is 1.46 bits per heavy atom. The number of halogens is 1. The smallest absolute Gasteiger partial charge is 0.346 e. The van der Waals surface area contributed by atoms with E-state index in [4.69, 9.17) is 4.74 Å². The van der Waals surface area contributed by atoms with Gasteiger partial charge in [-0.05, 0) is 35.9 Å². The summed E-state index contributed by atoms with van der Waals surface area (Å²) in [5, 5.41) is 0. The van der Waals surface area contributed by atoms with Crippen LogP contribution in [0.4, 0.5) is 4.39 Å². The lowest BCUT2D eigenvalue weighted by atomic mass is 10.1. The number of carbonyl (C=O) groups is 2. The van der Waals surface area contributed by atoms with Crippen molar-refractivity contribution < 1.29 is 18.7 Å². The highest BCUT2D eigenvalue weighted by molar-refractivity contribution is 6.06. The Labute approximate surface area is 150 Å². The van der Waals surface area contributed by atoms with Gasteiger partial charge in [0.1, 0.15) is 11.6 Å². The second-order valence-electron chi connectivity index (χ2n) is 5.50. The number of allylic oxidation sites excluding steroid dienone is 1. The molecule has 0 atom stereocenters. The summed E-state index contributed by atoms with van der Waals surface area (Å²) < 4.78 is 18.7. The van der Waals surface area contributed by atoms with Gasteiger partial charge in [0.25, 0.3) is 0 Å². The maximum Gasteiger partial charge on any atom is 0.346 e. The first kappa shape index (κ1) is 17.3. The van der Waals surface area contributed by atoms with Crippen LogP contribution >= 0.6 is 0 Å². The van der Waals surface area contributed by atoms with Gasteiger partial charge < -0.3 is 4.74 Å². The molecule has 0 fully saturated rings. The van der Waals surface area contributed by atoms with E-state index in [2.05, 4.69) is 0 Å². The Bertz CT molecular complexity index is 945. The minimum atomic E-state index is -0.759. The molecule has 0 unspecified atom stereocenters. The molecule has 0 aromatic heterocycles. The number of benzene rings is 3. The Kier molecular flexibility index (Phi) is 5.34. The molecule has 26 heavy (non-hydrogen) atoms. The summed E-state index contributed by atoms with van der Waals surface area (Å²) in [7, 11) is 0. The van der Waals surface area contributed by atoms with E-state index < -0.39 is 11.8 Å². The van der Waals surface area contributed by atoms with Gasteiger partial charge in [-0.25, -0.2) is 9.18 Å². The third-order valence-corrected chi connectivity index (χ3v) is 3.67. The van der Waals surface area contributed by atoms with Crippen molar-refractivity contribution >= 4 is 17.8 Å². The fourth-order valence-electron chi connectivity index (χ4n) is 2.31. The van der Waals surface area contributed by atoms with Crippen LogP contribution in [0, 0.1) is 5.82 Å². The van der Waals surface area contributed by atoms with Gasteiger partial charge in [-0.1, -0.05) is 60.7 Å². The second-order valence-corrected chi connectivity index (χ2v) is 5.50. The van der Waals surface area contributed by atoms with Crippen LogP contribution in [-0.2, 0) is 0 Å². The summed E-state index contributed by atoms with van der Waals surface area (Å²) in [6, 6.07) is 21.2. The maximum absolute atomic E-state index is 13.6. The van der Waals surface area contributed by atoms with E-state index in [1.807, 2.05) is 6.07 Å². The van der Waals surface area contributed by atoms with Gasteiger partial charge in [-0.15, -0.1) is 0 Å². The summed E-state index contributed by atoms with van der Waals surface area (Å²) in [6.45, 7) is 0. The number of rotatable bonds is 5. The molecule has 3 aromatic rings. The lowest BCUT2D eigenvalue weighted by Crippen LogP contribution is -2.10. The van der Waals surface area contributed by atoms with E-state index in [0.29, 0.717) is 11.3 Å². The fraction of sp³-hybridized carbons (Fsp3) is 0. The number of ether oxygens (including phenoxy) is 1. The Morgan fingerprint density at radius 3 is 2.15 bits per heavy atom. The zero-order valence-corrected chi connectivity index (χ0v) is 13.8. The van der Waals surface area contributed by atoms with Crippen LogP contribution in [-0.4, -0.2) is 11.8 Å². The van der Waals surface area contributed by atoms with Crippen LogP contribution < -0.4 is 4.74 Å². The standard InChI is InChI=1S/C22H15FO3/c23-20-9-5-4-8-19(20)22(25)26-18-13-10-16(11-14-18)12-15-21(24)17-6-2-1-3-7-17/h1-15H. The molecule has 0 saturated carbocycles. The summed E-state index contributed by atoms with van der Waals surface area (Å²) in [6.07, 6.45) is 3.16. The van der Waals surface area contributed by atoms with Crippen molar-refractivity contribution in [3.63, 3.8) is 0 Å². The van der Waals surface area contributed by atoms with Gasteiger partial charge in [0.15, 0.2) is 5.78 Å². The number of esters is 1. The Balaban J connectivity index is 1.65. The maximum atomic E-state index is 13.6. The van der Waals surface area contributed by atoms with Gasteiger partial charge in [0.05, 0.1) is 5.56 Å². The van der Waals surface area contributed by atoms with E-state index in [-0.39, 0.29) is 11.3 Å². The molecule has 4 heteroatoms. The molecular weight excluding hydrogens is 331 g/mol. The molecule has 0 heterocycles. The zero-order valence-electron chi connectivity index (χ0n) is 13.8. The van der Waals surface area contributed by atoms with Gasteiger partial charge in [0, 0.05) is 5.56 Å². The largest absolute Gasteiger partial charge is 0.423 e. The first-order valence-corrected chi connectivity index (χ1v) is 7.98. The van der Waals surface area contributed by atoms with E-state index in [0.717, 1.165) is 5.56 Å². The van der Waals surface area contributed by atoms with Crippen LogP contribution in [0.5, 0.6) is 5.75 Å². The molecule has 0 aliphatic heterocycles. The molecule has 3 aromatic carbocycles. The molecule has 0 bridgehead atoms. The monoisotopic (exact) mass is 346 g/mol. The van der Waals surface area contributed by atoms with Crippen molar-refractivity contribution in [3.8, 4) is 5.75 Å². The second kappa shape index (κ2) is 8.03. The third-order valence-electron chi connectivity index (χ3n) is 3.67. The first-order chi connectivity index (χ1) is 12.6. The van der Waals surface area contributed by atoms with Crippen molar-refractivity contribution in [1.82, 2.24) is 0 Å². The zero-order chi connectivity index (χ0) is 18.4. The normalized spacial score (nSPS) is 10.7. The van der Waals surface area contributed by atoms with Gasteiger partial charge in [-0.3, -0.25) is 4.79 Å². The van der Waals surface area contributed by atoms with Crippen LogP contribution in [0.15, 0.2) is 84.9 Å². The number of ketones is 1. The van der Waals surface area contributed by atoms with E-state index in [9.17, 15) is 14.0 Å².